The molecule has 2 unspecified atom stereocenters. The van der Waals surface area contributed by atoms with Gasteiger partial charge in [-0.2, -0.15) is 13.2 Å². The molecule has 0 bridgehead atoms. The second-order valence-corrected chi connectivity index (χ2v) is 4.75. The van der Waals surface area contributed by atoms with Crippen LogP contribution in [0, 0.1) is 0 Å². The summed E-state index contributed by atoms with van der Waals surface area (Å²) in [6.45, 7) is 1.32. The normalized spacial score (nSPS) is 14.9. The van der Waals surface area contributed by atoms with Gasteiger partial charge < -0.3 is 15.2 Å². The summed E-state index contributed by atoms with van der Waals surface area (Å²) in [5, 5.41) is 11.6. The van der Waals surface area contributed by atoms with Crippen LogP contribution in [0.3, 0.4) is 0 Å². The predicted octanol–water partition coefficient (Wildman–Crippen LogP) is 2.53. The number of aryl methyl sites for hydroxylation is 1. The molecule has 0 aliphatic rings. The zero-order chi connectivity index (χ0) is 15.2. The molecule has 1 rings (SSSR count). The fraction of sp³-hybridized carbons (Fsp3) is 0.571. The van der Waals surface area contributed by atoms with Crippen molar-refractivity contribution in [3.8, 4) is 5.75 Å². The Morgan fingerprint density at radius 2 is 1.85 bits per heavy atom. The van der Waals surface area contributed by atoms with Crippen LogP contribution in [0.1, 0.15) is 18.9 Å². The lowest BCUT2D eigenvalue weighted by Gasteiger charge is -2.19. The number of nitrogens with one attached hydrogen (secondary N) is 1. The Labute approximate surface area is 116 Å². The molecule has 0 aromatic heterocycles. The number of rotatable bonds is 7. The minimum Gasteiger partial charge on any atom is -0.497 e. The van der Waals surface area contributed by atoms with Crippen molar-refractivity contribution in [2.45, 2.75) is 38.1 Å². The van der Waals surface area contributed by atoms with Crippen LogP contribution in [-0.4, -0.2) is 37.1 Å². The van der Waals surface area contributed by atoms with Gasteiger partial charge in [0.15, 0.2) is 6.10 Å². The Kier molecular flexibility index (Phi) is 6.29. The van der Waals surface area contributed by atoms with Gasteiger partial charge in [0.2, 0.25) is 0 Å². The second-order valence-electron chi connectivity index (χ2n) is 4.75. The quantitative estimate of drug-likeness (QED) is 0.811. The summed E-state index contributed by atoms with van der Waals surface area (Å²) in [5.74, 6) is 0.772. The molecule has 0 saturated heterocycles. The first-order valence-electron chi connectivity index (χ1n) is 6.44. The number of methoxy groups -OCH3 is 1. The lowest BCUT2D eigenvalue weighted by atomic mass is 10.1. The van der Waals surface area contributed by atoms with Crippen LogP contribution in [0.15, 0.2) is 24.3 Å². The number of hydrogen-bond donors (Lipinski definition) is 2. The molecule has 0 radical (unpaired) electrons. The molecule has 0 aliphatic carbocycles. The molecule has 0 fully saturated rings. The number of ether oxygens (including phenoxy) is 1. The van der Waals surface area contributed by atoms with Crippen molar-refractivity contribution in [2.24, 2.45) is 0 Å². The van der Waals surface area contributed by atoms with Gasteiger partial charge in [-0.1, -0.05) is 12.1 Å². The molecule has 0 aliphatic heterocycles. The van der Waals surface area contributed by atoms with Crippen molar-refractivity contribution < 1.29 is 23.0 Å². The molecule has 0 amide bonds. The Morgan fingerprint density at radius 1 is 1.25 bits per heavy atom. The van der Waals surface area contributed by atoms with E-state index in [1.165, 1.54) is 0 Å². The van der Waals surface area contributed by atoms with Crippen LogP contribution in [0.2, 0.25) is 0 Å². The highest BCUT2D eigenvalue weighted by atomic mass is 19.4. The highest BCUT2D eigenvalue weighted by Gasteiger charge is 2.37. The summed E-state index contributed by atoms with van der Waals surface area (Å²) in [6, 6.07) is 7.45. The Bertz CT molecular complexity index is 392. The van der Waals surface area contributed by atoms with Crippen molar-refractivity contribution in [3.05, 3.63) is 29.8 Å². The maximum Gasteiger partial charge on any atom is 0.415 e. The number of aliphatic hydroxyl groups is 1. The SMILES string of the molecule is COc1ccc(CCC(C)NCC(O)C(F)(F)F)cc1. The van der Waals surface area contributed by atoms with Crippen LogP contribution >= 0.6 is 0 Å². The third-order valence-corrected chi connectivity index (χ3v) is 3.06. The highest BCUT2D eigenvalue weighted by molar-refractivity contribution is 5.27. The molecule has 3 nitrogen and oxygen atoms in total. The molecule has 1 aromatic rings. The largest absolute Gasteiger partial charge is 0.497 e. The molecule has 2 N–H and O–H groups in total. The fourth-order valence-corrected chi connectivity index (χ4v) is 1.71. The van der Waals surface area contributed by atoms with Crippen molar-refractivity contribution in [3.63, 3.8) is 0 Å². The summed E-state index contributed by atoms with van der Waals surface area (Å²) in [5.41, 5.74) is 1.09. The number of benzene rings is 1. The van der Waals surface area contributed by atoms with Gasteiger partial charge in [-0.15, -0.1) is 0 Å². The molecule has 0 heterocycles. The molecule has 1 aromatic carbocycles. The molecular formula is C14H20F3NO2. The van der Waals surface area contributed by atoms with Gasteiger partial charge in [-0.25, -0.2) is 0 Å². The molecule has 0 saturated carbocycles. The van der Waals surface area contributed by atoms with E-state index in [4.69, 9.17) is 9.84 Å². The molecule has 114 valence electrons. The van der Waals surface area contributed by atoms with E-state index in [0.29, 0.717) is 6.42 Å². The first-order valence-corrected chi connectivity index (χ1v) is 6.44. The summed E-state index contributed by atoms with van der Waals surface area (Å²) < 4.78 is 41.4. The van der Waals surface area contributed by atoms with Gasteiger partial charge >= 0.3 is 6.18 Å². The van der Waals surface area contributed by atoms with Crippen molar-refractivity contribution in [1.82, 2.24) is 5.32 Å². The Hall–Kier alpha value is -1.27. The maximum atomic E-state index is 12.1. The second kappa shape index (κ2) is 7.50. The number of aliphatic hydroxyl groups excluding tert-OH is 1. The molecular weight excluding hydrogens is 271 g/mol. The van der Waals surface area contributed by atoms with E-state index in [2.05, 4.69) is 5.32 Å². The van der Waals surface area contributed by atoms with Crippen molar-refractivity contribution in [1.29, 1.82) is 0 Å². The van der Waals surface area contributed by atoms with Crippen molar-refractivity contribution >= 4 is 0 Å². The average molecular weight is 291 g/mol. The van der Waals surface area contributed by atoms with Gasteiger partial charge in [0.05, 0.1) is 7.11 Å². The van der Waals surface area contributed by atoms with Crippen molar-refractivity contribution in [2.75, 3.05) is 13.7 Å². The first-order chi connectivity index (χ1) is 9.32. The number of halogens is 3. The zero-order valence-electron chi connectivity index (χ0n) is 11.6. The van der Waals surface area contributed by atoms with E-state index in [1.54, 1.807) is 14.0 Å². The Balaban J connectivity index is 2.30. The van der Waals surface area contributed by atoms with E-state index in [9.17, 15) is 13.2 Å². The van der Waals surface area contributed by atoms with E-state index in [0.717, 1.165) is 17.7 Å². The highest BCUT2D eigenvalue weighted by Crippen LogP contribution is 2.19. The third-order valence-electron chi connectivity index (χ3n) is 3.06. The molecule has 6 heteroatoms. The number of hydrogen-bond acceptors (Lipinski definition) is 3. The van der Waals surface area contributed by atoms with Gasteiger partial charge in [-0.05, 0) is 37.5 Å². The smallest absolute Gasteiger partial charge is 0.415 e. The summed E-state index contributed by atoms with van der Waals surface area (Å²) >= 11 is 0. The van der Waals surface area contributed by atoms with E-state index < -0.39 is 18.8 Å². The molecule has 0 spiro atoms. The van der Waals surface area contributed by atoms with Crippen LogP contribution in [0.25, 0.3) is 0 Å². The minimum atomic E-state index is -4.57. The average Bonchev–Trinajstić information content (AvgIpc) is 2.41. The summed E-state index contributed by atoms with van der Waals surface area (Å²) in [6.07, 6.45) is -5.44. The van der Waals surface area contributed by atoms with Crippen LogP contribution < -0.4 is 10.1 Å². The summed E-state index contributed by atoms with van der Waals surface area (Å²) in [7, 11) is 1.59. The lowest BCUT2D eigenvalue weighted by Crippen LogP contribution is -2.41. The van der Waals surface area contributed by atoms with Crippen LogP contribution in [-0.2, 0) is 6.42 Å². The molecule has 2 atom stereocenters. The fourth-order valence-electron chi connectivity index (χ4n) is 1.71. The van der Waals surface area contributed by atoms with Gasteiger partial charge in [0.1, 0.15) is 5.75 Å². The van der Waals surface area contributed by atoms with E-state index in [-0.39, 0.29) is 6.04 Å². The van der Waals surface area contributed by atoms with Crippen LogP contribution in [0.5, 0.6) is 5.75 Å². The van der Waals surface area contributed by atoms with E-state index in [1.807, 2.05) is 24.3 Å². The molecule has 20 heavy (non-hydrogen) atoms. The van der Waals surface area contributed by atoms with Gasteiger partial charge in [0.25, 0.3) is 0 Å². The minimum absolute atomic E-state index is 0.103. The van der Waals surface area contributed by atoms with Gasteiger partial charge in [-0.3, -0.25) is 0 Å². The monoisotopic (exact) mass is 291 g/mol. The Morgan fingerprint density at radius 3 is 2.35 bits per heavy atom. The topological polar surface area (TPSA) is 41.5 Å². The predicted molar refractivity (Wildman–Crippen MR) is 70.8 cm³/mol. The maximum absolute atomic E-state index is 12.1. The van der Waals surface area contributed by atoms with Gasteiger partial charge in [0, 0.05) is 12.6 Å². The first kappa shape index (κ1) is 16.8. The standard InChI is InChI=1S/C14H20F3NO2/c1-10(18-9-13(19)14(15,16)17)3-4-11-5-7-12(20-2)8-6-11/h5-8,10,13,18-19H,3-4,9H2,1-2H3. The lowest BCUT2D eigenvalue weighted by molar-refractivity contribution is -0.202. The number of alkyl halides is 3. The van der Waals surface area contributed by atoms with Crippen LogP contribution in [0.4, 0.5) is 13.2 Å². The van der Waals surface area contributed by atoms with E-state index >= 15 is 0 Å². The third kappa shape index (κ3) is 5.79. The zero-order valence-corrected chi connectivity index (χ0v) is 11.6. The summed E-state index contributed by atoms with van der Waals surface area (Å²) in [4.78, 5) is 0.